The molecule has 5 rings (SSSR count). The van der Waals surface area contributed by atoms with E-state index in [-0.39, 0.29) is 17.0 Å². The van der Waals surface area contributed by atoms with Crippen molar-refractivity contribution in [3.63, 3.8) is 0 Å². The molecular formula is C26H29N7O3. The average molecular weight is 488 g/mol. The molecule has 10 nitrogen and oxygen atoms in total. The van der Waals surface area contributed by atoms with Crippen LogP contribution in [0.25, 0.3) is 16.9 Å². The molecule has 1 fully saturated rings. The van der Waals surface area contributed by atoms with E-state index in [1.807, 2.05) is 58.3 Å². The van der Waals surface area contributed by atoms with E-state index in [4.69, 9.17) is 9.26 Å². The van der Waals surface area contributed by atoms with Crippen molar-refractivity contribution in [2.24, 2.45) is 0 Å². The summed E-state index contributed by atoms with van der Waals surface area (Å²) in [6.45, 7) is 11.1. The lowest BCUT2D eigenvalue weighted by atomic mass is 9.93. The number of carbonyl (C=O) groups excluding carboxylic acids is 1. The molecule has 0 atom stereocenters. The van der Waals surface area contributed by atoms with Gasteiger partial charge in [-0.2, -0.15) is 0 Å². The van der Waals surface area contributed by atoms with Gasteiger partial charge in [0.15, 0.2) is 5.69 Å². The number of carbonyl (C=O) groups is 1. The zero-order chi connectivity index (χ0) is 25.3. The summed E-state index contributed by atoms with van der Waals surface area (Å²) < 4.78 is 12.5. The van der Waals surface area contributed by atoms with Crippen LogP contribution in [0.15, 0.2) is 53.4 Å². The second-order valence-electron chi connectivity index (χ2n) is 9.86. The highest BCUT2D eigenvalue weighted by atomic mass is 16.5. The summed E-state index contributed by atoms with van der Waals surface area (Å²) in [6.07, 6.45) is 5.50. The van der Waals surface area contributed by atoms with Gasteiger partial charge < -0.3 is 19.5 Å². The first-order chi connectivity index (χ1) is 17.3. The minimum absolute atomic E-state index is 0.232. The Morgan fingerprint density at radius 3 is 2.64 bits per heavy atom. The smallest absolute Gasteiger partial charge is 0.277 e. The van der Waals surface area contributed by atoms with Gasteiger partial charge in [0.05, 0.1) is 37.0 Å². The Morgan fingerprint density at radius 2 is 1.89 bits per heavy atom. The van der Waals surface area contributed by atoms with E-state index in [1.165, 1.54) is 0 Å². The van der Waals surface area contributed by atoms with Crippen LogP contribution in [0.4, 0.5) is 11.4 Å². The Kier molecular flexibility index (Phi) is 6.27. The standard InChI is InChI=1S/C26H29N7O3/c1-17-5-6-19(28-25(34)21-13-24(36-30-21)26(2,3)4)12-23(17)33-16-22(29-31-33)18-11-20(15-27-14-18)32-7-9-35-10-8-32/h5-6,11-16H,7-10H2,1-4H3,(H,28,34). The van der Waals surface area contributed by atoms with Crippen molar-refractivity contribution in [2.45, 2.75) is 33.1 Å². The fraction of sp³-hybridized carbons (Fsp3) is 0.346. The number of ether oxygens (including phenoxy) is 1. The van der Waals surface area contributed by atoms with Crippen LogP contribution in [-0.4, -0.2) is 57.3 Å². The van der Waals surface area contributed by atoms with Gasteiger partial charge in [-0.25, -0.2) is 4.68 Å². The molecule has 0 bridgehead atoms. The van der Waals surface area contributed by atoms with Gasteiger partial charge >= 0.3 is 0 Å². The van der Waals surface area contributed by atoms with Crippen molar-refractivity contribution in [2.75, 3.05) is 36.5 Å². The Balaban J connectivity index is 1.36. The first-order valence-electron chi connectivity index (χ1n) is 11.9. The minimum atomic E-state index is -0.339. The highest BCUT2D eigenvalue weighted by Crippen LogP contribution is 2.26. The summed E-state index contributed by atoms with van der Waals surface area (Å²) in [5, 5.41) is 15.5. The molecule has 36 heavy (non-hydrogen) atoms. The van der Waals surface area contributed by atoms with Crippen LogP contribution in [0.5, 0.6) is 0 Å². The Morgan fingerprint density at radius 1 is 1.08 bits per heavy atom. The second-order valence-corrected chi connectivity index (χ2v) is 9.86. The van der Waals surface area contributed by atoms with E-state index in [1.54, 1.807) is 16.9 Å². The third-order valence-electron chi connectivity index (χ3n) is 6.09. The van der Waals surface area contributed by atoms with Crippen LogP contribution in [0.1, 0.15) is 42.6 Å². The van der Waals surface area contributed by atoms with Crippen molar-refractivity contribution in [3.8, 4) is 16.9 Å². The number of aromatic nitrogens is 5. The number of amides is 1. The largest absolute Gasteiger partial charge is 0.378 e. The maximum Gasteiger partial charge on any atom is 0.277 e. The Bertz CT molecular complexity index is 1380. The van der Waals surface area contributed by atoms with E-state index < -0.39 is 0 Å². The van der Waals surface area contributed by atoms with Gasteiger partial charge in [-0.1, -0.05) is 37.2 Å². The van der Waals surface area contributed by atoms with Crippen LogP contribution in [0.3, 0.4) is 0 Å². The number of anilines is 2. The zero-order valence-corrected chi connectivity index (χ0v) is 20.9. The van der Waals surface area contributed by atoms with Gasteiger partial charge in [0, 0.05) is 42.0 Å². The summed E-state index contributed by atoms with van der Waals surface area (Å²) >= 11 is 0. The van der Waals surface area contributed by atoms with E-state index in [0.717, 1.165) is 35.6 Å². The number of hydrogen-bond donors (Lipinski definition) is 1. The Hall–Kier alpha value is -4.05. The summed E-state index contributed by atoms with van der Waals surface area (Å²) in [5.74, 6) is 0.314. The van der Waals surface area contributed by atoms with Crippen molar-refractivity contribution in [3.05, 3.63) is 65.9 Å². The van der Waals surface area contributed by atoms with Gasteiger partial charge in [0.2, 0.25) is 0 Å². The lowest BCUT2D eigenvalue weighted by Gasteiger charge is -2.28. The molecule has 10 heteroatoms. The molecule has 1 aliphatic rings. The maximum atomic E-state index is 12.8. The molecule has 0 spiro atoms. The summed E-state index contributed by atoms with van der Waals surface area (Å²) in [4.78, 5) is 19.4. The molecule has 1 amide bonds. The van der Waals surface area contributed by atoms with Crippen LogP contribution >= 0.6 is 0 Å². The molecule has 1 aromatic carbocycles. The van der Waals surface area contributed by atoms with Crippen molar-refractivity contribution in [1.82, 2.24) is 25.1 Å². The fourth-order valence-corrected chi connectivity index (χ4v) is 3.94. The first kappa shape index (κ1) is 23.7. The molecule has 1 N–H and O–H groups in total. The predicted octanol–water partition coefficient (Wildman–Crippen LogP) is 4.01. The number of rotatable bonds is 5. The summed E-state index contributed by atoms with van der Waals surface area (Å²) in [5.41, 5.74) is 5.04. The summed E-state index contributed by atoms with van der Waals surface area (Å²) in [6, 6.07) is 9.37. The second kappa shape index (κ2) is 9.54. The number of benzene rings is 1. The number of aryl methyl sites for hydroxylation is 1. The molecule has 0 aliphatic carbocycles. The van der Waals surface area contributed by atoms with Crippen LogP contribution in [0.2, 0.25) is 0 Å². The number of nitrogens with zero attached hydrogens (tertiary/aromatic N) is 6. The average Bonchev–Trinajstić information content (AvgIpc) is 3.57. The van der Waals surface area contributed by atoms with E-state index in [2.05, 4.69) is 36.7 Å². The molecule has 3 aromatic heterocycles. The highest BCUT2D eigenvalue weighted by Gasteiger charge is 2.22. The zero-order valence-electron chi connectivity index (χ0n) is 20.9. The van der Waals surface area contributed by atoms with Crippen LogP contribution in [-0.2, 0) is 10.2 Å². The lowest BCUT2D eigenvalue weighted by molar-refractivity contribution is 0.101. The van der Waals surface area contributed by atoms with Gasteiger partial charge in [-0.3, -0.25) is 9.78 Å². The van der Waals surface area contributed by atoms with Gasteiger partial charge in [0.25, 0.3) is 5.91 Å². The predicted molar refractivity (Wildman–Crippen MR) is 136 cm³/mol. The quantitative estimate of drug-likeness (QED) is 0.449. The first-order valence-corrected chi connectivity index (χ1v) is 11.9. The molecular weight excluding hydrogens is 458 g/mol. The number of nitrogens with one attached hydrogen (secondary N) is 1. The number of morpholine rings is 1. The van der Waals surface area contributed by atoms with Gasteiger partial charge in [0.1, 0.15) is 11.5 Å². The lowest BCUT2D eigenvalue weighted by Crippen LogP contribution is -2.36. The molecule has 0 radical (unpaired) electrons. The van der Waals surface area contributed by atoms with Crippen molar-refractivity contribution >= 4 is 17.3 Å². The topological polar surface area (TPSA) is 111 Å². The maximum absolute atomic E-state index is 12.8. The molecule has 186 valence electrons. The third kappa shape index (κ3) is 4.99. The van der Waals surface area contributed by atoms with Gasteiger partial charge in [-0.15, -0.1) is 5.10 Å². The van der Waals surface area contributed by atoms with E-state index in [0.29, 0.717) is 30.4 Å². The monoisotopic (exact) mass is 487 g/mol. The normalized spacial score (nSPS) is 14.2. The van der Waals surface area contributed by atoms with Crippen LogP contribution < -0.4 is 10.2 Å². The highest BCUT2D eigenvalue weighted by molar-refractivity contribution is 6.03. The molecule has 0 unspecified atom stereocenters. The molecule has 1 saturated heterocycles. The molecule has 1 aliphatic heterocycles. The SMILES string of the molecule is Cc1ccc(NC(=O)c2cc(C(C)(C)C)on2)cc1-n1cc(-c2cncc(N3CCOCC3)c2)nn1. The molecule has 0 saturated carbocycles. The van der Waals surface area contributed by atoms with Crippen molar-refractivity contribution < 1.29 is 14.1 Å². The number of pyridine rings is 1. The van der Waals surface area contributed by atoms with E-state index >= 15 is 0 Å². The Labute approximate surface area is 209 Å². The van der Waals surface area contributed by atoms with Crippen molar-refractivity contribution in [1.29, 1.82) is 0 Å². The third-order valence-corrected chi connectivity index (χ3v) is 6.09. The molecule has 4 aromatic rings. The summed E-state index contributed by atoms with van der Waals surface area (Å²) in [7, 11) is 0. The fourth-order valence-electron chi connectivity index (χ4n) is 3.94. The van der Waals surface area contributed by atoms with E-state index in [9.17, 15) is 4.79 Å². The number of hydrogen-bond acceptors (Lipinski definition) is 8. The minimum Gasteiger partial charge on any atom is -0.378 e. The van der Waals surface area contributed by atoms with Crippen LogP contribution in [0, 0.1) is 6.92 Å². The molecule has 4 heterocycles. The van der Waals surface area contributed by atoms with Gasteiger partial charge in [-0.05, 0) is 30.7 Å².